The zero-order valence-corrected chi connectivity index (χ0v) is 32.7. The van der Waals surface area contributed by atoms with Crippen LogP contribution in [-0.2, 0) is 24.2 Å². The molecule has 0 unspecified atom stereocenters. The van der Waals surface area contributed by atoms with Crippen molar-refractivity contribution in [2.75, 3.05) is 11.9 Å². The van der Waals surface area contributed by atoms with Gasteiger partial charge in [0.2, 0.25) is 0 Å². The standard InChI is InChI=1S/C47H54N4O5/c1-28-33(22-45(53)41-23-39(31-17-18-31)35(26-48-41)27-51-21-4-3-13-43(51)47(55)56)9-5-10-36(28)37-11-7-12-40(29(37)2)50-46(54)42-24-38(30-15-16-30)34(25-49-42)20-19-32-8-6-14-44(32)52/h5,7,9-12,23-26,30-32,43-44,52H,3-4,6,8,13-22,27H2,1-2H3,(H,50,54)(H,55,56)/t32-,43+,44+/m1/s1. The van der Waals surface area contributed by atoms with Gasteiger partial charge in [-0.3, -0.25) is 29.3 Å². The lowest BCUT2D eigenvalue weighted by molar-refractivity contribution is -0.144. The maximum Gasteiger partial charge on any atom is 0.320 e. The monoisotopic (exact) mass is 754 g/mol. The molecule has 2 aromatic heterocycles. The first-order valence-corrected chi connectivity index (χ1v) is 20.8. The topological polar surface area (TPSA) is 133 Å². The Hall–Kier alpha value is -4.73. The fraction of sp³-hybridized carbons (Fsp3) is 0.468. The number of carboxylic acids is 1. The Balaban J connectivity index is 0.968. The highest BCUT2D eigenvalue weighted by Crippen LogP contribution is 2.44. The number of anilines is 1. The molecule has 0 radical (unpaired) electrons. The molecule has 292 valence electrons. The predicted molar refractivity (Wildman–Crippen MR) is 217 cm³/mol. The number of aryl methyl sites for hydroxylation is 1. The molecule has 56 heavy (non-hydrogen) atoms. The largest absolute Gasteiger partial charge is 0.480 e. The number of ketones is 1. The van der Waals surface area contributed by atoms with Crippen LogP contribution in [0.15, 0.2) is 60.9 Å². The number of carbonyl (C=O) groups is 3. The molecule has 2 aromatic carbocycles. The maximum atomic E-state index is 13.8. The molecule has 4 fully saturated rings. The molecule has 0 spiro atoms. The lowest BCUT2D eigenvalue weighted by atomic mass is 9.90. The van der Waals surface area contributed by atoms with E-state index >= 15 is 0 Å². The number of benzene rings is 2. The molecule has 1 amide bonds. The molecular weight excluding hydrogens is 701 g/mol. The highest BCUT2D eigenvalue weighted by molar-refractivity contribution is 6.04. The summed E-state index contributed by atoms with van der Waals surface area (Å²) in [5, 5.41) is 23.3. The number of carbonyl (C=O) groups excluding carboxylic acids is 2. The number of piperidine rings is 1. The molecule has 1 aliphatic heterocycles. The molecule has 3 atom stereocenters. The number of aromatic nitrogens is 2. The molecule has 9 heteroatoms. The van der Waals surface area contributed by atoms with Crippen LogP contribution in [0.2, 0.25) is 0 Å². The van der Waals surface area contributed by atoms with Crippen molar-refractivity contribution in [3.05, 3.63) is 111 Å². The van der Waals surface area contributed by atoms with Crippen LogP contribution in [0.5, 0.6) is 0 Å². The van der Waals surface area contributed by atoms with Crippen LogP contribution in [0.4, 0.5) is 5.69 Å². The fourth-order valence-corrected chi connectivity index (χ4v) is 9.22. The Morgan fingerprint density at radius 2 is 1.45 bits per heavy atom. The van der Waals surface area contributed by atoms with Crippen LogP contribution in [-0.4, -0.2) is 61.4 Å². The van der Waals surface area contributed by atoms with Crippen molar-refractivity contribution in [2.45, 2.75) is 128 Å². The molecule has 4 aliphatic rings. The van der Waals surface area contributed by atoms with Crippen molar-refractivity contribution >= 4 is 23.3 Å². The third-order valence-electron chi connectivity index (χ3n) is 12.9. The number of hydrogen-bond donors (Lipinski definition) is 3. The summed E-state index contributed by atoms with van der Waals surface area (Å²) in [5.74, 6) is 0.183. The first kappa shape index (κ1) is 38.2. The van der Waals surface area contributed by atoms with E-state index in [2.05, 4.69) is 32.3 Å². The molecule has 8 rings (SSSR count). The average Bonchev–Trinajstić information content (AvgIpc) is 4.14. The van der Waals surface area contributed by atoms with Gasteiger partial charge in [-0.2, -0.15) is 0 Å². The summed E-state index contributed by atoms with van der Waals surface area (Å²) in [6.45, 7) is 5.36. The van der Waals surface area contributed by atoms with Gasteiger partial charge in [-0.05, 0) is 171 Å². The summed E-state index contributed by atoms with van der Waals surface area (Å²) < 4.78 is 0. The highest BCUT2D eigenvalue weighted by Gasteiger charge is 2.33. The Morgan fingerprint density at radius 1 is 0.768 bits per heavy atom. The lowest BCUT2D eigenvalue weighted by Crippen LogP contribution is -2.44. The van der Waals surface area contributed by atoms with Gasteiger partial charge < -0.3 is 15.5 Å². The number of carboxylic acid groups (broad SMARTS) is 1. The van der Waals surface area contributed by atoms with Crippen LogP contribution in [0, 0.1) is 19.8 Å². The quantitative estimate of drug-likeness (QED) is 0.109. The predicted octanol–water partition coefficient (Wildman–Crippen LogP) is 8.73. The fourth-order valence-electron chi connectivity index (χ4n) is 9.22. The van der Waals surface area contributed by atoms with Crippen LogP contribution in [0.1, 0.15) is 142 Å². The average molecular weight is 755 g/mol. The van der Waals surface area contributed by atoms with Crippen LogP contribution < -0.4 is 5.32 Å². The molecule has 1 saturated heterocycles. The van der Waals surface area contributed by atoms with Crippen molar-refractivity contribution in [3.63, 3.8) is 0 Å². The minimum Gasteiger partial charge on any atom is -0.480 e. The zero-order chi connectivity index (χ0) is 38.9. The Bertz CT molecular complexity index is 2140. The number of Topliss-reactive ketones (excluding diaryl/α,β-unsaturated/α-hetero) is 1. The number of aliphatic hydroxyl groups is 1. The molecule has 3 heterocycles. The summed E-state index contributed by atoms with van der Waals surface area (Å²) in [6.07, 6.45) is 15.6. The number of amides is 1. The van der Waals surface area contributed by atoms with Gasteiger partial charge in [0.25, 0.3) is 5.91 Å². The number of likely N-dealkylation sites (tertiary alicyclic amines) is 1. The Morgan fingerprint density at radius 3 is 2.16 bits per heavy atom. The smallest absolute Gasteiger partial charge is 0.320 e. The van der Waals surface area contributed by atoms with E-state index < -0.39 is 12.0 Å². The number of pyridine rings is 2. The SMILES string of the molecule is Cc1c(CC(=O)c2cc(C3CC3)c(CN3CCCC[C@H]3C(=O)O)cn2)cccc1-c1cccc(NC(=O)c2cc(C3CC3)c(CC[C@H]3CCC[C@@H]3O)cn2)c1C. The van der Waals surface area contributed by atoms with E-state index in [-0.39, 0.29) is 24.2 Å². The van der Waals surface area contributed by atoms with Gasteiger partial charge in [-0.1, -0.05) is 43.2 Å². The molecule has 0 bridgehead atoms. The normalized spacial score (nSPS) is 21.2. The Labute approximate surface area is 330 Å². The maximum absolute atomic E-state index is 13.8. The van der Waals surface area contributed by atoms with E-state index in [1.54, 1.807) is 6.20 Å². The van der Waals surface area contributed by atoms with Crippen LogP contribution in [0.3, 0.4) is 0 Å². The van der Waals surface area contributed by atoms with E-state index in [0.29, 0.717) is 42.1 Å². The van der Waals surface area contributed by atoms with Crippen LogP contribution in [0.25, 0.3) is 11.1 Å². The van der Waals surface area contributed by atoms with Gasteiger partial charge in [-0.15, -0.1) is 0 Å². The number of rotatable bonds is 14. The van der Waals surface area contributed by atoms with Crippen molar-refractivity contribution in [2.24, 2.45) is 5.92 Å². The van der Waals surface area contributed by atoms with E-state index in [9.17, 15) is 24.6 Å². The van der Waals surface area contributed by atoms with Gasteiger partial charge in [0, 0.05) is 31.0 Å². The first-order chi connectivity index (χ1) is 27.1. The third kappa shape index (κ3) is 8.35. The molecular formula is C47H54N4O5. The van der Waals surface area contributed by atoms with Gasteiger partial charge in [-0.25, -0.2) is 0 Å². The van der Waals surface area contributed by atoms with Gasteiger partial charge in [0.05, 0.1) is 6.10 Å². The van der Waals surface area contributed by atoms with Crippen LogP contribution >= 0.6 is 0 Å². The second kappa shape index (κ2) is 16.4. The van der Waals surface area contributed by atoms with E-state index in [4.69, 9.17) is 0 Å². The summed E-state index contributed by atoms with van der Waals surface area (Å²) in [7, 11) is 0. The molecule has 4 aromatic rings. The molecule has 3 aliphatic carbocycles. The second-order valence-electron chi connectivity index (χ2n) is 16.8. The number of aliphatic carboxylic acids is 1. The van der Waals surface area contributed by atoms with Crippen molar-refractivity contribution in [1.29, 1.82) is 0 Å². The van der Waals surface area contributed by atoms with Crippen molar-refractivity contribution in [1.82, 2.24) is 14.9 Å². The van der Waals surface area contributed by atoms with Gasteiger partial charge in [0.15, 0.2) is 5.78 Å². The summed E-state index contributed by atoms with van der Waals surface area (Å²) in [6, 6.07) is 15.4. The third-order valence-corrected chi connectivity index (χ3v) is 12.9. The van der Waals surface area contributed by atoms with E-state index in [1.807, 2.05) is 56.4 Å². The number of nitrogens with zero attached hydrogens (tertiary/aromatic N) is 3. The highest BCUT2D eigenvalue weighted by atomic mass is 16.4. The zero-order valence-electron chi connectivity index (χ0n) is 32.7. The molecule has 9 nitrogen and oxygen atoms in total. The lowest BCUT2D eigenvalue weighted by Gasteiger charge is -2.33. The Kier molecular flexibility index (Phi) is 11.2. The number of hydrogen-bond acceptors (Lipinski definition) is 7. The van der Waals surface area contributed by atoms with Crippen molar-refractivity contribution < 1.29 is 24.6 Å². The summed E-state index contributed by atoms with van der Waals surface area (Å²) >= 11 is 0. The van der Waals surface area contributed by atoms with Gasteiger partial charge in [0.1, 0.15) is 17.4 Å². The summed E-state index contributed by atoms with van der Waals surface area (Å²) in [5.41, 5.74) is 11.1. The van der Waals surface area contributed by atoms with E-state index in [1.165, 1.54) is 11.1 Å². The molecule has 3 N–H and O–H groups in total. The second-order valence-corrected chi connectivity index (χ2v) is 16.8. The first-order valence-electron chi connectivity index (χ1n) is 20.8. The summed E-state index contributed by atoms with van der Waals surface area (Å²) in [4.78, 5) is 50.7. The van der Waals surface area contributed by atoms with Crippen molar-refractivity contribution in [3.8, 4) is 11.1 Å². The number of nitrogens with one attached hydrogen (secondary N) is 1. The van der Waals surface area contributed by atoms with E-state index in [0.717, 1.165) is 122 Å². The molecule has 3 saturated carbocycles. The minimum atomic E-state index is -0.768. The number of aliphatic hydroxyl groups excluding tert-OH is 1. The van der Waals surface area contributed by atoms with Gasteiger partial charge >= 0.3 is 5.97 Å². The minimum absolute atomic E-state index is 0.0435.